The van der Waals surface area contributed by atoms with Gasteiger partial charge in [-0.25, -0.2) is 0 Å². The van der Waals surface area contributed by atoms with Crippen LogP contribution >= 0.6 is 39.0 Å². The van der Waals surface area contributed by atoms with Crippen LogP contribution in [0.2, 0.25) is 0 Å². The Balaban J connectivity index is 2.09. The van der Waals surface area contributed by atoms with E-state index in [9.17, 15) is 5.11 Å². The third kappa shape index (κ3) is 3.35. The molecule has 0 saturated carbocycles. The Bertz CT molecular complexity index is 478. The Morgan fingerprint density at radius 1 is 1.29 bits per heavy atom. The van der Waals surface area contributed by atoms with Crippen LogP contribution in [-0.4, -0.2) is 11.4 Å². The normalized spacial score (nSPS) is 12.6. The summed E-state index contributed by atoms with van der Waals surface area (Å²) in [5.41, 5.74) is 0.975. The Kier molecular flexibility index (Phi) is 4.68. The number of aliphatic hydroxyl groups excluding tert-OH is 1. The molecule has 0 aliphatic carbocycles. The van der Waals surface area contributed by atoms with Crippen LogP contribution in [-0.2, 0) is 6.42 Å². The molecule has 1 atom stereocenters. The van der Waals surface area contributed by atoms with Crippen molar-refractivity contribution in [2.75, 3.05) is 6.26 Å². The second kappa shape index (κ2) is 6.05. The van der Waals surface area contributed by atoms with E-state index in [1.165, 1.54) is 9.77 Å². The van der Waals surface area contributed by atoms with Crippen LogP contribution in [0.4, 0.5) is 0 Å². The van der Waals surface area contributed by atoms with Crippen LogP contribution in [0.15, 0.2) is 45.1 Å². The lowest BCUT2D eigenvalue weighted by Crippen LogP contribution is -2.00. The highest BCUT2D eigenvalue weighted by Crippen LogP contribution is 2.28. The topological polar surface area (TPSA) is 20.2 Å². The first kappa shape index (κ1) is 13.1. The van der Waals surface area contributed by atoms with Gasteiger partial charge < -0.3 is 5.11 Å². The minimum Gasteiger partial charge on any atom is -0.388 e. The molecule has 0 amide bonds. The number of rotatable bonds is 4. The number of thiophene rings is 1. The van der Waals surface area contributed by atoms with Gasteiger partial charge in [-0.05, 0) is 51.3 Å². The van der Waals surface area contributed by atoms with Crippen molar-refractivity contribution in [3.05, 3.63) is 50.6 Å². The summed E-state index contributed by atoms with van der Waals surface area (Å²) in [7, 11) is 0. The fraction of sp³-hybridized carbons (Fsp3) is 0.231. The van der Waals surface area contributed by atoms with E-state index >= 15 is 0 Å². The minimum atomic E-state index is -0.430. The lowest BCUT2D eigenvalue weighted by Gasteiger charge is -2.10. The van der Waals surface area contributed by atoms with E-state index < -0.39 is 6.10 Å². The van der Waals surface area contributed by atoms with E-state index in [0.717, 1.165) is 10.0 Å². The fourth-order valence-corrected chi connectivity index (χ4v) is 3.55. The van der Waals surface area contributed by atoms with Gasteiger partial charge in [0.05, 0.1) is 6.10 Å². The minimum absolute atomic E-state index is 0.430. The van der Waals surface area contributed by atoms with Gasteiger partial charge in [0.2, 0.25) is 0 Å². The lowest BCUT2D eigenvalue weighted by atomic mass is 10.1. The fourth-order valence-electron chi connectivity index (χ4n) is 1.59. The first-order valence-corrected chi connectivity index (χ1v) is 8.14. The summed E-state index contributed by atoms with van der Waals surface area (Å²) in [5.74, 6) is 0. The van der Waals surface area contributed by atoms with Gasteiger partial charge in [0.25, 0.3) is 0 Å². The smallest absolute Gasteiger partial charge is 0.0838 e. The van der Waals surface area contributed by atoms with E-state index in [2.05, 4.69) is 15.9 Å². The monoisotopic (exact) mass is 328 g/mol. The molecule has 0 aliphatic heterocycles. The van der Waals surface area contributed by atoms with Gasteiger partial charge >= 0.3 is 0 Å². The third-order valence-electron chi connectivity index (χ3n) is 2.57. The highest BCUT2D eigenvalue weighted by Gasteiger charge is 2.11. The van der Waals surface area contributed by atoms with Gasteiger partial charge in [-0.1, -0.05) is 12.1 Å². The van der Waals surface area contributed by atoms with E-state index in [4.69, 9.17) is 0 Å². The van der Waals surface area contributed by atoms with Crippen LogP contribution in [0.1, 0.15) is 16.5 Å². The van der Waals surface area contributed by atoms with Crippen LogP contribution in [0.5, 0.6) is 0 Å². The molecule has 0 spiro atoms. The van der Waals surface area contributed by atoms with Crippen molar-refractivity contribution in [3.8, 4) is 0 Å². The van der Waals surface area contributed by atoms with E-state index in [0.29, 0.717) is 6.42 Å². The molecule has 1 nitrogen and oxygen atoms in total. The summed E-state index contributed by atoms with van der Waals surface area (Å²) >= 11 is 6.87. The Labute approximate surface area is 118 Å². The molecule has 0 fully saturated rings. The van der Waals surface area contributed by atoms with E-state index in [1.807, 2.05) is 42.0 Å². The first-order chi connectivity index (χ1) is 8.20. The van der Waals surface area contributed by atoms with Gasteiger partial charge in [0, 0.05) is 20.7 Å². The number of benzene rings is 1. The van der Waals surface area contributed by atoms with Gasteiger partial charge in [-0.3, -0.25) is 0 Å². The standard InChI is InChI=1S/C13H13BrOS2/c1-16-10-4-2-9(3-5-10)12(15)8-13-11(14)6-7-17-13/h2-7,12,15H,8H2,1H3. The zero-order valence-corrected chi connectivity index (χ0v) is 12.6. The van der Waals surface area contributed by atoms with Crippen molar-refractivity contribution in [1.29, 1.82) is 0 Å². The molecular formula is C13H13BrOS2. The molecule has 0 radical (unpaired) electrons. The Morgan fingerprint density at radius 2 is 2.00 bits per heavy atom. The highest BCUT2D eigenvalue weighted by molar-refractivity contribution is 9.10. The van der Waals surface area contributed by atoms with Gasteiger partial charge in [-0.2, -0.15) is 0 Å². The molecule has 0 aliphatic rings. The predicted octanol–water partition coefficient (Wildman–Crippen LogP) is 4.51. The molecule has 1 aromatic carbocycles. The molecule has 90 valence electrons. The average molecular weight is 329 g/mol. The summed E-state index contributed by atoms with van der Waals surface area (Å²) in [4.78, 5) is 2.41. The highest BCUT2D eigenvalue weighted by atomic mass is 79.9. The molecule has 1 unspecified atom stereocenters. The van der Waals surface area contributed by atoms with Crippen molar-refractivity contribution in [3.63, 3.8) is 0 Å². The lowest BCUT2D eigenvalue weighted by molar-refractivity contribution is 0.179. The van der Waals surface area contributed by atoms with Crippen LogP contribution < -0.4 is 0 Å². The number of halogens is 1. The van der Waals surface area contributed by atoms with E-state index in [1.54, 1.807) is 23.1 Å². The Hall–Kier alpha value is -0.290. The molecule has 17 heavy (non-hydrogen) atoms. The van der Waals surface area contributed by atoms with Crippen molar-refractivity contribution in [1.82, 2.24) is 0 Å². The molecule has 1 N–H and O–H groups in total. The number of thioether (sulfide) groups is 1. The zero-order valence-electron chi connectivity index (χ0n) is 9.39. The summed E-state index contributed by atoms with van der Waals surface area (Å²) in [6.45, 7) is 0. The van der Waals surface area contributed by atoms with Crippen LogP contribution in [0.25, 0.3) is 0 Å². The van der Waals surface area contributed by atoms with Crippen LogP contribution in [0.3, 0.4) is 0 Å². The van der Waals surface area contributed by atoms with E-state index in [-0.39, 0.29) is 0 Å². The van der Waals surface area contributed by atoms with Crippen molar-refractivity contribution >= 4 is 39.0 Å². The molecule has 2 rings (SSSR count). The molecule has 2 aromatic rings. The summed E-state index contributed by atoms with van der Waals surface area (Å²) in [6.07, 6.45) is 2.28. The second-order valence-corrected chi connectivity index (χ2v) is 6.42. The maximum atomic E-state index is 10.2. The van der Waals surface area contributed by atoms with Crippen molar-refractivity contribution in [2.45, 2.75) is 17.4 Å². The molecule has 0 bridgehead atoms. The molecule has 4 heteroatoms. The largest absolute Gasteiger partial charge is 0.388 e. The maximum Gasteiger partial charge on any atom is 0.0838 e. The quantitative estimate of drug-likeness (QED) is 0.833. The maximum absolute atomic E-state index is 10.2. The number of aliphatic hydroxyl groups is 1. The molecular weight excluding hydrogens is 316 g/mol. The third-order valence-corrected chi connectivity index (χ3v) is 5.26. The summed E-state index contributed by atoms with van der Waals surface area (Å²) < 4.78 is 1.09. The SMILES string of the molecule is CSc1ccc(C(O)Cc2sccc2Br)cc1. The average Bonchev–Trinajstić information content (AvgIpc) is 2.75. The van der Waals surface area contributed by atoms with Gasteiger partial charge in [-0.15, -0.1) is 23.1 Å². The molecule has 1 heterocycles. The molecule has 0 saturated heterocycles. The number of hydrogen-bond donors (Lipinski definition) is 1. The summed E-state index contributed by atoms with van der Waals surface area (Å²) in [5, 5.41) is 12.2. The van der Waals surface area contributed by atoms with Crippen molar-refractivity contribution in [2.24, 2.45) is 0 Å². The number of hydrogen-bond acceptors (Lipinski definition) is 3. The summed E-state index contributed by atoms with van der Waals surface area (Å²) in [6, 6.07) is 10.1. The second-order valence-electron chi connectivity index (χ2n) is 3.68. The van der Waals surface area contributed by atoms with Gasteiger partial charge in [0.15, 0.2) is 0 Å². The Morgan fingerprint density at radius 3 is 2.53 bits per heavy atom. The van der Waals surface area contributed by atoms with Crippen molar-refractivity contribution < 1.29 is 5.11 Å². The predicted molar refractivity (Wildman–Crippen MR) is 78.9 cm³/mol. The zero-order chi connectivity index (χ0) is 12.3. The first-order valence-electron chi connectivity index (χ1n) is 5.24. The van der Waals surface area contributed by atoms with Gasteiger partial charge in [0.1, 0.15) is 0 Å². The molecule has 1 aromatic heterocycles. The van der Waals surface area contributed by atoms with Crippen LogP contribution in [0, 0.1) is 0 Å².